The fraction of sp³-hybridized carbons (Fsp3) is 0.111. The molecule has 0 fully saturated rings. The van der Waals surface area contributed by atoms with Gasteiger partial charge < -0.3 is 0 Å². The van der Waals surface area contributed by atoms with Crippen LogP contribution in [0.1, 0.15) is 11.4 Å². The predicted molar refractivity (Wildman–Crippen MR) is 91.9 cm³/mol. The molecular weight excluding hydrogens is 378 g/mol. The summed E-state index contributed by atoms with van der Waals surface area (Å²) < 4.78 is 53.2. The first kappa shape index (κ1) is 17.8. The van der Waals surface area contributed by atoms with Crippen LogP contribution in [0.25, 0.3) is 22.3 Å². The van der Waals surface area contributed by atoms with Gasteiger partial charge in [0, 0.05) is 11.8 Å². The second-order valence-electron chi connectivity index (χ2n) is 6.00. The van der Waals surface area contributed by atoms with Gasteiger partial charge in [0.05, 0.1) is 30.0 Å². The number of halogens is 4. The first-order valence-corrected chi connectivity index (χ1v) is 8.04. The van der Waals surface area contributed by atoms with Gasteiger partial charge in [-0.15, -0.1) is 0 Å². The number of hydrogen-bond donors (Lipinski definition) is 1. The third kappa shape index (κ3) is 3.36. The van der Waals surface area contributed by atoms with E-state index in [-0.39, 0.29) is 18.0 Å². The van der Waals surface area contributed by atoms with Crippen molar-refractivity contribution in [3.63, 3.8) is 0 Å². The Hall–Kier alpha value is -3.56. The van der Waals surface area contributed by atoms with Crippen LogP contribution in [0.15, 0.2) is 53.7 Å². The molecule has 0 unspecified atom stereocenters. The number of alkyl halides is 3. The number of pyridine rings is 1. The van der Waals surface area contributed by atoms with E-state index >= 15 is 0 Å². The van der Waals surface area contributed by atoms with Gasteiger partial charge in [-0.2, -0.15) is 13.2 Å². The van der Waals surface area contributed by atoms with Crippen LogP contribution in [-0.4, -0.2) is 24.5 Å². The summed E-state index contributed by atoms with van der Waals surface area (Å²) in [5.41, 5.74) is 0.0809. The minimum atomic E-state index is -4.47. The Kier molecular flexibility index (Phi) is 4.17. The topological polar surface area (TPSA) is 76.5 Å². The Balaban J connectivity index is 1.79. The molecule has 3 heterocycles. The Bertz CT molecular complexity index is 1210. The van der Waals surface area contributed by atoms with Crippen molar-refractivity contribution in [2.45, 2.75) is 12.7 Å². The largest absolute Gasteiger partial charge is 0.416 e. The SMILES string of the molecule is O=c1[nH]c2ncc(-c3cccc(C(F)(F)F)c3)cc2n1Cc1ncc(F)cn1. The average Bonchev–Trinajstić information content (AvgIpc) is 2.97. The number of benzene rings is 1. The molecule has 0 aliphatic carbocycles. The zero-order chi connectivity index (χ0) is 19.9. The van der Waals surface area contributed by atoms with Crippen molar-refractivity contribution in [2.24, 2.45) is 0 Å². The summed E-state index contributed by atoms with van der Waals surface area (Å²) in [6, 6.07) is 6.38. The molecule has 0 radical (unpaired) electrons. The lowest BCUT2D eigenvalue weighted by molar-refractivity contribution is -0.137. The standard InChI is InChI=1S/C18H11F4N5O/c19-13-7-23-15(24-8-13)9-27-14-5-11(6-25-16(14)26-17(27)28)10-2-1-3-12(4-10)18(20,21)22/h1-8H,9H2,(H,25,26,28). The van der Waals surface area contributed by atoms with E-state index in [2.05, 4.69) is 19.9 Å². The van der Waals surface area contributed by atoms with Crippen molar-refractivity contribution in [1.29, 1.82) is 0 Å². The van der Waals surface area contributed by atoms with E-state index in [0.717, 1.165) is 24.5 Å². The number of nitrogens with zero attached hydrogens (tertiary/aromatic N) is 4. The Morgan fingerprint density at radius 2 is 1.75 bits per heavy atom. The van der Waals surface area contributed by atoms with Gasteiger partial charge in [0.15, 0.2) is 11.5 Å². The lowest BCUT2D eigenvalue weighted by atomic mass is 10.0. The van der Waals surface area contributed by atoms with Crippen LogP contribution in [0.3, 0.4) is 0 Å². The highest BCUT2D eigenvalue weighted by Gasteiger charge is 2.30. The van der Waals surface area contributed by atoms with E-state index in [1.54, 1.807) is 6.07 Å². The molecule has 0 aliphatic heterocycles. The second kappa shape index (κ2) is 6.55. The number of imidazole rings is 1. The van der Waals surface area contributed by atoms with E-state index in [1.165, 1.54) is 22.9 Å². The monoisotopic (exact) mass is 389 g/mol. The molecule has 6 nitrogen and oxygen atoms in total. The maximum Gasteiger partial charge on any atom is 0.416 e. The molecule has 1 N–H and O–H groups in total. The van der Waals surface area contributed by atoms with Crippen LogP contribution >= 0.6 is 0 Å². The summed E-state index contributed by atoms with van der Waals surface area (Å²) in [7, 11) is 0. The van der Waals surface area contributed by atoms with Crippen LogP contribution < -0.4 is 5.69 Å². The van der Waals surface area contributed by atoms with Crippen molar-refractivity contribution < 1.29 is 17.6 Å². The highest BCUT2D eigenvalue weighted by molar-refractivity contribution is 5.78. The van der Waals surface area contributed by atoms with Crippen LogP contribution in [0.5, 0.6) is 0 Å². The van der Waals surface area contributed by atoms with Crippen LogP contribution in [0, 0.1) is 5.82 Å². The summed E-state index contributed by atoms with van der Waals surface area (Å²) in [6.07, 6.45) is -1.13. The predicted octanol–water partition coefficient (Wildman–Crippen LogP) is 3.39. The summed E-state index contributed by atoms with van der Waals surface area (Å²) in [5.74, 6) is -0.405. The van der Waals surface area contributed by atoms with E-state index < -0.39 is 23.2 Å². The van der Waals surface area contributed by atoms with E-state index in [1.807, 2.05) is 0 Å². The summed E-state index contributed by atoms with van der Waals surface area (Å²) >= 11 is 0. The minimum absolute atomic E-state index is 0.0488. The highest BCUT2D eigenvalue weighted by atomic mass is 19.4. The second-order valence-corrected chi connectivity index (χ2v) is 6.00. The van der Waals surface area contributed by atoms with Gasteiger partial charge in [-0.25, -0.2) is 24.1 Å². The van der Waals surface area contributed by atoms with Crippen LogP contribution in [0.2, 0.25) is 0 Å². The average molecular weight is 389 g/mol. The molecule has 0 atom stereocenters. The molecule has 1 aromatic carbocycles. The molecule has 0 saturated heterocycles. The third-order valence-electron chi connectivity index (χ3n) is 4.13. The van der Waals surface area contributed by atoms with Gasteiger partial charge in [0.2, 0.25) is 0 Å². The minimum Gasteiger partial charge on any atom is -0.290 e. The first-order chi connectivity index (χ1) is 13.3. The quantitative estimate of drug-likeness (QED) is 0.545. The lowest BCUT2D eigenvalue weighted by Gasteiger charge is -2.09. The number of hydrogen-bond acceptors (Lipinski definition) is 4. The van der Waals surface area contributed by atoms with Crippen molar-refractivity contribution >= 4 is 11.2 Å². The molecule has 0 amide bonds. The van der Waals surface area contributed by atoms with Gasteiger partial charge in [0.25, 0.3) is 0 Å². The van der Waals surface area contributed by atoms with E-state index in [4.69, 9.17) is 0 Å². The number of fused-ring (bicyclic) bond motifs is 1. The molecule has 0 aliphatic rings. The van der Waals surface area contributed by atoms with Crippen LogP contribution in [-0.2, 0) is 12.7 Å². The molecule has 0 bridgehead atoms. The summed E-state index contributed by atoms with van der Waals surface area (Å²) in [4.78, 5) is 26.6. The number of aromatic amines is 1. The Morgan fingerprint density at radius 1 is 1.00 bits per heavy atom. The molecule has 3 aromatic heterocycles. The van der Waals surface area contributed by atoms with Gasteiger partial charge in [-0.05, 0) is 23.8 Å². The molecule has 10 heteroatoms. The van der Waals surface area contributed by atoms with Crippen molar-refractivity contribution in [3.05, 3.63) is 76.6 Å². The van der Waals surface area contributed by atoms with E-state index in [9.17, 15) is 22.4 Å². The molecule has 28 heavy (non-hydrogen) atoms. The zero-order valence-electron chi connectivity index (χ0n) is 14.0. The lowest BCUT2D eigenvalue weighted by Crippen LogP contribution is -2.18. The Labute approximate surface area is 154 Å². The molecule has 4 aromatic rings. The molecule has 0 spiro atoms. The van der Waals surface area contributed by atoms with Gasteiger partial charge in [-0.3, -0.25) is 9.55 Å². The molecule has 142 valence electrons. The molecule has 0 saturated carbocycles. The summed E-state index contributed by atoms with van der Waals surface area (Å²) in [5, 5.41) is 0. The molecule has 4 rings (SSSR count). The van der Waals surface area contributed by atoms with Gasteiger partial charge >= 0.3 is 11.9 Å². The van der Waals surface area contributed by atoms with Crippen molar-refractivity contribution in [1.82, 2.24) is 24.5 Å². The molecular formula is C18H11F4N5O. The fourth-order valence-electron chi connectivity index (χ4n) is 2.79. The highest BCUT2D eigenvalue weighted by Crippen LogP contribution is 2.32. The van der Waals surface area contributed by atoms with Crippen LogP contribution in [0.4, 0.5) is 17.6 Å². The number of H-pyrrole nitrogens is 1. The smallest absolute Gasteiger partial charge is 0.290 e. The zero-order valence-corrected chi connectivity index (χ0v) is 14.0. The normalized spacial score (nSPS) is 11.9. The maximum atomic E-state index is 13.0. The third-order valence-corrected chi connectivity index (χ3v) is 4.13. The van der Waals surface area contributed by atoms with E-state index in [0.29, 0.717) is 16.6 Å². The van der Waals surface area contributed by atoms with Gasteiger partial charge in [0.1, 0.15) is 5.82 Å². The fourth-order valence-corrected chi connectivity index (χ4v) is 2.79. The first-order valence-electron chi connectivity index (χ1n) is 8.04. The number of rotatable bonds is 3. The summed E-state index contributed by atoms with van der Waals surface area (Å²) in [6.45, 7) is -0.0488. The maximum absolute atomic E-state index is 13.0. The van der Waals surface area contributed by atoms with Gasteiger partial charge in [-0.1, -0.05) is 12.1 Å². The number of aromatic nitrogens is 5. The van der Waals surface area contributed by atoms with Crippen molar-refractivity contribution in [3.8, 4) is 11.1 Å². The Morgan fingerprint density at radius 3 is 2.46 bits per heavy atom. The van der Waals surface area contributed by atoms with Crippen molar-refractivity contribution in [2.75, 3.05) is 0 Å². The number of nitrogens with one attached hydrogen (secondary N) is 1.